The van der Waals surface area contributed by atoms with Gasteiger partial charge in [-0.3, -0.25) is 9.59 Å². The molecule has 1 aliphatic rings. The number of hydrogen-bond donors (Lipinski definition) is 4. The van der Waals surface area contributed by atoms with Crippen molar-refractivity contribution >= 4 is 11.8 Å². The second kappa shape index (κ2) is 10.1. The predicted octanol–water partition coefficient (Wildman–Crippen LogP) is 1.81. The second-order valence-electron chi connectivity index (χ2n) is 8.84. The number of carbonyl (C=O) groups excluding carboxylic acids is 2. The van der Waals surface area contributed by atoms with Gasteiger partial charge in [0.05, 0.1) is 11.6 Å². The van der Waals surface area contributed by atoms with Gasteiger partial charge in [0, 0.05) is 6.54 Å². The van der Waals surface area contributed by atoms with Crippen LogP contribution in [-0.2, 0) is 22.4 Å². The van der Waals surface area contributed by atoms with Crippen molar-refractivity contribution in [2.45, 2.75) is 50.8 Å². The number of nitrogens with two attached hydrogens (primary N) is 1. The zero-order valence-corrected chi connectivity index (χ0v) is 18.3. The first-order chi connectivity index (χ1) is 14.8. The monoisotopic (exact) mass is 423 g/mol. The molecule has 0 bridgehead atoms. The van der Waals surface area contributed by atoms with Gasteiger partial charge in [-0.1, -0.05) is 74.5 Å². The highest BCUT2D eigenvalue weighted by atomic mass is 16.3. The maximum absolute atomic E-state index is 12.9. The van der Waals surface area contributed by atoms with Gasteiger partial charge in [-0.05, 0) is 42.2 Å². The molecule has 5 N–H and O–H groups in total. The van der Waals surface area contributed by atoms with Crippen molar-refractivity contribution in [2.24, 2.45) is 17.6 Å². The summed E-state index contributed by atoms with van der Waals surface area (Å²) in [7, 11) is 0. The lowest BCUT2D eigenvalue weighted by atomic mass is 9.98. The number of nitrogens with one attached hydrogen (secondary N) is 2. The van der Waals surface area contributed by atoms with Crippen LogP contribution in [-0.4, -0.2) is 41.2 Å². The van der Waals surface area contributed by atoms with Gasteiger partial charge in [0.1, 0.15) is 0 Å². The Hall–Kier alpha value is -2.70. The average Bonchev–Trinajstić information content (AvgIpc) is 3.48. The van der Waals surface area contributed by atoms with Crippen LogP contribution in [0.15, 0.2) is 60.7 Å². The largest absolute Gasteiger partial charge is 0.381 e. The molecule has 0 spiro atoms. The van der Waals surface area contributed by atoms with Gasteiger partial charge < -0.3 is 21.5 Å². The molecule has 1 aliphatic carbocycles. The van der Waals surface area contributed by atoms with E-state index >= 15 is 0 Å². The molecule has 0 aliphatic heterocycles. The Kier molecular flexibility index (Phi) is 7.46. The van der Waals surface area contributed by atoms with Crippen molar-refractivity contribution in [3.8, 4) is 0 Å². The molecular formula is C25H33N3O3. The van der Waals surface area contributed by atoms with Gasteiger partial charge in [0.25, 0.3) is 5.91 Å². The lowest BCUT2D eigenvalue weighted by Crippen LogP contribution is -2.56. The number of hydrogen-bond acceptors (Lipinski definition) is 4. The third-order valence-electron chi connectivity index (χ3n) is 6.11. The molecule has 4 atom stereocenters. The fourth-order valence-electron chi connectivity index (χ4n) is 4.07. The SMILES string of the molecule is CC(C)[C@H]1C[C@@]1(N)C(=O)N[C@@H](Cc1ccccc1)C(O)C(=O)NCCc1ccccc1. The van der Waals surface area contributed by atoms with Crippen LogP contribution in [0.3, 0.4) is 0 Å². The molecule has 1 unspecified atom stereocenters. The fourth-order valence-corrected chi connectivity index (χ4v) is 4.07. The van der Waals surface area contributed by atoms with Crippen molar-refractivity contribution in [3.63, 3.8) is 0 Å². The highest BCUT2D eigenvalue weighted by Gasteiger charge is 2.58. The summed E-state index contributed by atoms with van der Waals surface area (Å²) in [6, 6.07) is 18.5. The fraction of sp³-hybridized carbons (Fsp3) is 0.440. The van der Waals surface area contributed by atoms with Gasteiger partial charge in [-0.15, -0.1) is 0 Å². The standard InChI is InChI=1S/C25H33N3O3/c1-17(2)20-16-25(20,26)24(31)28-21(15-19-11-7-4-8-12-19)22(29)23(30)27-14-13-18-9-5-3-6-10-18/h3-12,17,20-22,29H,13-16,26H2,1-2H3,(H,27,30)(H,28,31)/t20-,21+,22?,25+/m1/s1. The molecule has 166 valence electrons. The molecule has 31 heavy (non-hydrogen) atoms. The average molecular weight is 424 g/mol. The summed E-state index contributed by atoms with van der Waals surface area (Å²) in [6.07, 6.45) is 0.243. The molecule has 1 saturated carbocycles. The van der Waals surface area contributed by atoms with Gasteiger partial charge in [0.2, 0.25) is 5.91 Å². The van der Waals surface area contributed by atoms with E-state index in [1.165, 1.54) is 0 Å². The number of aliphatic hydroxyl groups excluding tert-OH is 1. The highest BCUT2D eigenvalue weighted by Crippen LogP contribution is 2.46. The quantitative estimate of drug-likeness (QED) is 0.468. The molecule has 2 amide bonds. The first-order valence-electron chi connectivity index (χ1n) is 10.9. The maximum Gasteiger partial charge on any atom is 0.251 e. The van der Waals surface area contributed by atoms with E-state index in [1.807, 2.05) is 74.5 Å². The van der Waals surface area contributed by atoms with E-state index in [-0.39, 0.29) is 11.8 Å². The summed E-state index contributed by atoms with van der Waals surface area (Å²) in [4.78, 5) is 25.5. The zero-order valence-electron chi connectivity index (χ0n) is 18.3. The van der Waals surface area contributed by atoms with Crippen molar-refractivity contribution < 1.29 is 14.7 Å². The molecule has 0 heterocycles. The van der Waals surface area contributed by atoms with Crippen LogP contribution >= 0.6 is 0 Å². The Morgan fingerprint density at radius 3 is 2.19 bits per heavy atom. The third-order valence-corrected chi connectivity index (χ3v) is 6.11. The van der Waals surface area contributed by atoms with Crippen LogP contribution < -0.4 is 16.4 Å². The van der Waals surface area contributed by atoms with E-state index in [1.54, 1.807) is 0 Å². The van der Waals surface area contributed by atoms with E-state index < -0.39 is 23.6 Å². The number of benzene rings is 2. The summed E-state index contributed by atoms with van der Waals surface area (Å²) in [6.45, 7) is 4.49. The van der Waals surface area contributed by atoms with Gasteiger partial charge in [0.15, 0.2) is 6.10 Å². The second-order valence-corrected chi connectivity index (χ2v) is 8.84. The number of aliphatic hydroxyl groups is 1. The van der Waals surface area contributed by atoms with Gasteiger partial charge in [-0.2, -0.15) is 0 Å². The lowest BCUT2D eigenvalue weighted by Gasteiger charge is -2.26. The maximum atomic E-state index is 12.9. The summed E-state index contributed by atoms with van der Waals surface area (Å²) < 4.78 is 0. The number of amides is 2. The van der Waals surface area contributed by atoms with Crippen LogP contribution in [0.2, 0.25) is 0 Å². The Morgan fingerprint density at radius 1 is 1.06 bits per heavy atom. The minimum Gasteiger partial charge on any atom is -0.381 e. The number of carbonyl (C=O) groups is 2. The Morgan fingerprint density at radius 2 is 1.65 bits per heavy atom. The lowest BCUT2D eigenvalue weighted by molar-refractivity contribution is -0.132. The Bertz CT molecular complexity index is 872. The van der Waals surface area contributed by atoms with Crippen LogP contribution in [0.1, 0.15) is 31.4 Å². The summed E-state index contributed by atoms with van der Waals surface area (Å²) in [5.41, 5.74) is 7.40. The Balaban J connectivity index is 1.63. The normalized spacial score (nSPS) is 21.9. The Labute approximate surface area is 184 Å². The predicted molar refractivity (Wildman–Crippen MR) is 121 cm³/mol. The van der Waals surface area contributed by atoms with Crippen molar-refractivity contribution in [3.05, 3.63) is 71.8 Å². The molecule has 0 aromatic heterocycles. The van der Waals surface area contributed by atoms with Crippen molar-refractivity contribution in [2.75, 3.05) is 6.54 Å². The van der Waals surface area contributed by atoms with Crippen LogP contribution in [0.5, 0.6) is 0 Å². The van der Waals surface area contributed by atoms with Crippen LogP contribution in [0.4, 0.5) is 0 Å². The highest BCUT2D eigenvalue weighted by molar-refractivity contribution is 5.91. The first kappa shape index (κ1) is 23.0. The molecule has 0 saturated heterocycles. The minimum atomic E-state index is -1.38. The summed E-state index contributed by atoms with van der Waals surface area (Å²) in [5.74, 6) is -0.390. The molecule has 0 radical (unpaired) electrons. The minimum absolute atomic E-state index is 0.113. The number of rotatable bonds is 10. The molecular weight excluding hydrogens is 390 g/mol. The van der Waals surface area contributed by atoms with E-state index in [4.69, 9.17) is 5.73 Å². The van der Waals surface area contributed by atoms with Crippen molar-refractivity contribution in [1.82, 2.24) is 10.6 Å². The van der Waals surface area contributed by atoms with Crippen LogP contribution in [0, 0.1) is 11.8 Å². The first-order valence-corrected chi connectivity index (χ1v) is 10.9. The topological polar surface area (TPSA) is 104 Å². The molecule has 3 rings (SSSR count). The summed E-state index contributed by atoms with van der Waals surface area (Å²) >= 11 is 0. The van der Waals surface area contributed by atoms with E-state index in [0.717, 1.165) is 11.1 Å². The molecule has 2 aromatic carbocycles. The zero-order chi connectivity index (χ0) is 22.4. The van der Waals surface area contributed by atoms with Crippen LogP contribution in [0.25, 0.3) is 0 Å². The molecule has 1 fully saturated rings. The molecule has 2 aromatic rings. The van der Waals surface area contributed by atoms with Gasteiger partial charge in [-0.25, -0.2) is 0 Å². The molecule has 6 heteroatoms. The third kappa shape index (κ3) is 5.93. The molecule has 6 nitrogen and oxygen atoms in total. The van der Waals surface area contributed by atoms with E-state index in [0.29, 0.717) is 31.7 Å². The smallest absolute Gasteiger partial charge is 0.251 e. The summed E-state index contributed by atoms with van der Waals surface area (Å²) in [5, 5.41) is 16.4. The van der Waals surface area contributed by atoms with Gasteiger partial charge >= 0.3 is 0 Å². The van der Waals surface area contributed by atoms with E-state index in [2.05, 4.69) is 10.6 Å². The van der Waals surface area contributed by atoms with Crippen molar-refractivity contribution in [1.29, 1.82) is 0 Å². The van der Waals surface area contributed by atoms with E-state index in [9.17, 15) is 14.7 Å².